The lowest BCUT2D eigenvalue weighted by atomic mass is 10.2. The fraction of sp³-hybridized carbons (Fsp3) is 0.182. The first-order valence-electron chi connectivity index (χ1n) is 5.91. The lowest BCUT2D eigenvalue weighted by molar-refractivity contribution is -0.117. The molecule has 0 unspecified atom stereocenters. The van der Waals surface area contributed by atoms with Crippen LogP contribution in [0.3, 0.4) is 0 Å². The van der Waals surface area contributed by atoms with Gasteiger partial charge in [0.1, 0.15) is 10.6 Å². The number of nitrogens with zero attached hydrogens (tertiary/aromatic N) is 2. The number of benzene rings is 1. The lowest BCUT2D eigenvalue weighted by Gasteiger charge is -2.15. The molecule has 0 aromatic heterocycles. The summed E-state index contributed by atoms with van der Waals surface area (Å²) < 4.78 is 63.3. The van der Waals surface area contributed by atoms with E-state index in [2.05, 4.69) is 5.10 Å². The molecular formula is C11H10N2O8S2. The van der Waals surface area contributed by atoms with E-state index in [9.17, 15) is 31.0 Å². The number of hydrogen-bond donors (Lipinski definition) is 2. The van der Waals surface area contributed by atoms with Gasteiger partial charge in [0, 0.05) is 6.92 Å². The zero-order valence-corrected chi connectivity index (χ0v) is 13.1. The van der Waals surface area contributed by atoms with Gasteiger partial charge in [-0.05, 0) is 18.2 Å². The molecule has 124 valence electrons. The fourth-order valence-corrected chi connectivity index (χ4v) is 3.00. The molecule has 0 saturated heterocycles. The normalized spacial score (nSPS) is 15.7. The van der Waals surface area contributed by atoms with Crippen molar-refractivity contribution in [2.45, 2.75) is 23.1 Å². The largest absolute Gasteiger partial charge is 0.296 e. The van der Waals surface area contributed by atoms with Gasteiger partial charge in [-0.3, -0.25) is 18.7 Å². The van der Waals surface area contributed by atoms with E-state index < -0.39 is 53.8 Å². The number of rotatable bonds is 4. The van der Waals surface area contributed by atoms with Gasteiger partial charge < -0.3 is 0 Å². The molecule has 23 heavy (non-hydrogen) atoms. The second kappa shape index (κ2) is 5.49. The topological polar surface area (TPSA) is 158 Å². The van der Waals surface area contributed by atoms with E-state index in [0.29, 0.717) is 17.1 Å². The third kappa shape index (κ3) is 3.44. The van der Waals surface area contributed by atoms with Crippen LogP contribution in [0, 0.1) is 0 Å². The molecule has 0 bridgehead atoms. The van der Waals surface area contributed by atoms with Crippen LogP contribution in [0.2, 0.25) is 0 Å². The molecule has 0 radical (unpaired) electrons. The SMILES string of the molecule is CC(=O)C1=NN(c2cc(S(=O)(=O)O)ccc2S(=O)(=O)O)C(=O)C1. The van der Waals surface area contributed by atoms with Crippen molar-refractivity contribution in [3.8, 4) is 0 Å². The molecule has 1 aliphatic rings. The molecule has 1 heterocycles. The van der Waals surface area contributed by atoms with Gasteiger partial charge in [-0.25, -0.2) is 0 Å². The van der Waals surface area contributed by atoms with Crippen molar-refractivity contribution in [3.05, 3.63) is 18.2 Å². The van der Waals surface area contributed by atoms with Crippen molar-refractivity contribution in [2.24, 2.45) is 5.10 Å². The highest BCUT2D eigenvalue weighted by molar-refractivity contribution is 7.86. The highest BCUT2D eigenvalue weighted by atomic mass is 32.2. The minimum atomic E-state index is -4.82. The standard InChI is InChI=1S/C11H10N2O8S2/c1-6(14)8-5-11(15)13(12-8)9-4-7(22(16,17)18)2-3-10(9)23(19,20)21/h2-4H,5H2,1H3,(H,16,17,18)(H,19,20,21). The number of Topliss-reactive ketones (excluding diaryl/α,β-unsaturated/α-hetero) is 1. The average molecular weight is 362 g/mol. The summed E-state index contributed by atoms with van der Waals surface area (Å²) in [5.74, 6) is -1.33. The van der Waals surface area contributed by atoms with E-state index in [1.165, 1.54) is 0 Å². The Labute approximate surface area is 130 Å². The summed E-state index contributed by atoms with van der Waals surface area (Å²) in [5.41, 5.74) is -0.752. The minimum absolute atomic E-state index is 0.159. The van der Waals surface area contributed by atoms with Crippen molar-refractivity contribution in [1.29, 1.82) is 0 Å². The highest BCUT2D eigenvalue weighted by Crippen LogP contribution is 2.31. The Bertz CT molecular complexity index is 946. The molecule has 1 aromatic rings. The Morgan fingerprint density at radius 2 is 1.78 bits per heavy atom. The van der Waals surface area contributed by atoms with Crippen molar-refractivity contribution >= 4 is 43.3 Å². The van der Waals surface area contributed by atoms with E-state index >= 15 is 0 Å². The summed E-state index contributed by atoms with van der Waals surface area (Å²) in [6, 6.07) is 2.09. The quantitative estimate of drug-likeness (QED) is 0.700. The first kappa shape index (κ1) is 17.2. The van der Waals surface area contributed by atoms with Crippen molar-refractivity contribution in [1.82, 2.24) is 0 Å². The molecule has 2 rings (SSSR count). The van der Waals surface area contributed by atoms with Gasteiger partial charge >= 0.3 is 0 Å². The van der Waals surface area contributed by atoms with Crippen LogP contribution < -0.4 is 5.01 Å². The van der Waals surface area contributed by atoms with Gasteiger partial charge in [-0.15, -0.1) is 0 Å². The number of anilines is 1. The predicted octanol–water partition coefficient (Wildman–Crippen LogP) is -0.138. The first-order chi connectivity index (χ1) is 10.4. The van der Waals surface area contributed by atoms with Gasteiger partial charge in [0.05, 0.1) is 17.0 Å². The molecule has 12 heteroatoms. The van der Waals surface area contributed by atoms with Crippen LogP contribution in [-0.2, 0) is 29.8 Å². The molecule has 0 aliphatic carbocycles. The van der Waals surface area contributed by atoms with Crippen LogP contribution in [-0.4, -0.2) is 43.3 Å². The third-order valence-electron chi connectivity index (χ3n) is 2.92. The van der Waals surface area contributed by atoms with E-state index in [1.54, 1.807) is 0 Å². The maximum absolute atomic E-state index is 11.9. The number of carbonyl (C=O) groups is 2. The maximum Gasteiger partial charge on any atom is 0.296 e. The molecule has 2 N–H and O–H groups in total. The van der Waals surface area contributed by atoms with Gasteiger partial charge in [0.2, 0.25) is 0 Å². The van der Waals surface area contributed by atoms with Crippen LogP contribution in [0.25, 0.3) is 0 Å². The molecule has 0 atom stereocenters. The van der Waals surface area contributed by atoms with Gasteiger partial charge in [0.25, 0.3) is 26.1 Å². The van der Waals surface area contributed by atoms with Crippen LogP contribution in [0.5, 0.6) is 0 Å². The van der Waals surface area contributed by atoms with Crippen LogP contribution in [0.15, 0.2) is 33.1 Å². The summed E-state index contributed by atoms with van der Waals surface area (Å²) in [6.45, 7) is 1.15. The zero-order chi connectivity index (χ0) is 17.6. The van der Waals surface area contributed by atoms with Crippen molar-refractivity contribution in [2.75, 3.05) is 5.01 Å². The molecule has 0 saturated carbocycles. The summed E-state index contributed by atoms with van der Waals surface area (Å²) >= 11 is 0. The van der Waals surface area contributed by atoms with Crippen molar-refractivity contribution < 1.29 is 35.5 Å². The van der Waals surface area contributed by atoms with Crippen LogP contribution in [0.4, 0.5) is 5.69 Å². The van der Waals surface area contributed by atoms with Gasteiger partial charge in [-0.2, -0.15) is 26.9 Å². The Hall–Kier alpha value is -2.15. The summed E-state index contributed by atoms with van der Waals surface area (Å²) in [4.78, 5) is 21.7. The van der Waals surface area contributed by atoms with Crippen molar-refractivity contribution in [3.63, 3.8) is 0 Å². The van der Waals surface area contributed by atoms with E-state index in [4.69, 9.17) is 4.55 Å². The summed E-state index contributed by atoms with van der Waals surface area (Å²) in [7, 11) is -9.51. The molecule has 1 aliphatic heterocycles. The van der Waals surface area contributed by atoms with Gasteiger partial charge in [-0.1, -0.05) is 0 Å². The molecule has 0 spiro atoms. The summed E-state index contributed by atoms with van der Waals surface area (Å²) in [6.07, 6.45) is -0.406. The molecule has 1 amide bonds. The van der Waals surface area contributed by atoms with E-state index in [1.807, 2.05) is 0 Å². The number of ketones is 1. The average Bonchev–Trinajstić information content (AvgIpc) is 2.78. The number of hydrazone groups is 1. The minimum Gasteiger partial charge on any atom is -0.293 e. The predicted molar refractivity (Wildman–Crippen MR) is 76.3 cm³/mol. The Morgan fingerprint density at radius 1 is 1.17 bits per heavy atom. The number of carbonyl (C=O) groups excluding carboxylic acids is 2. The lowest BCUT2D eigenvalue weighted by Crippen LogP contribution is -2.22. The maximum atomic E-state index is 11.9. The molecular weight excluding hydrogens is 352 g/mol. The molecule has 1 aromatic carbocycles. The van der Waals surface area contributed by atoms with Crippen LogP contribution in [0.1, 0.15) is 13.3 Å². The van der Waals surface area contributed by atoms with E-state index in [-0.39, 0.29) is 5.71 Å². The van der Waals surface area contributed by atoms with Gasteiger partial charge in [0.15, 0.2) is 5.78 Å². The Morgan fingerprint density at radius 3 is 2.22 bits per heavy atom. The second-order valence-electron chi connectivity index (χ2n) is 4.56. The Kier molecular flexibility index (Phi) is 4.11. The zero-order valence-electron chi connectivity index (χ0n) is 11.5. The number of amides is 1. The highest BCUT2D eigenvalue weighted by Gasteiger charge is 2.32. The Balaban J connectivity index is 2.73. The van der Waals surface area contributed by atoms with E-state index in [0.717, 1.165) is 13.0 Å². The molecule has 0 fully saturated rings. The fourth-order valence-electron chi connectivity index (χ4n) is 1.85. The smallest absolute Gasteiger partial charge is 0.293 e. The monoisotopic (exact) mass is 362 g/mol. The van der Waals surface area contributed by atoms with Crippen LogP contribution >= 0.6 is 0 Å². The number of hydrogen-bond acceptors (Lipinski definition) is 7. The first-order valence-corrected chi connectivity index (χ1v) is 8.79. The summed E-state index contributed by atoms with van der Waals surface area (Å²) in [5, 5.41) is 4.13. The third-order valence-corrected chi connectivity index (χ3v) is 4.67. The molecule has 10 nitrogen and oxygen atoms in total. The second-order valence-corrected chi connectivity index (χ2v) is 7.38.